The molecule has 2 aromatic rings. The summed E-state index contributed by atoms with van der Waals surface area (Å²) in [5.74, 6) is -0.926. The molecule has 1 aliphatic rings. The number of amides is 2. The number of piperidine rings is 1. The lowest BCUT2D eigenvalue weighted by molar-refractivity contribution is -0.130. The number of halogens is 1. The van der Waals surface area contributed by atoms with Crippen molar-refractivity contribution in [3.63, 3.8) is 0 Å². The maximum Gasteiger partial charge on any atom is 0.254 e. The van der Waals surface area contributed by atoms with Crippen molar-refractivity contribution in [1.29, 1.82) is 0 Å². The van der Waals surface area contributed by atoms with Gasteiger partial charge in [-0.05, 0) is 62.6 Å². The first kappa shape index (κ1) is 22.9. The summed E-state index contributed by atoms with van der Waals surface area (Å²) in [6.07, 6.45) is 2.85. The molecule has 1 heterocycles. The van der Waals surface area contributed by atoms with Crippen LogP contribution in [-0.2, 0) is 4.79 Å². The molecular weight excluding hydrogens is 393 g/mol. The fraction of sp³-hybridized carbons (Fsp3) is 0.440. The van der Waals surface area contributed by atoms with Gasteiger partial charge in [-0.2, -0.15) is 0 Å². The molecule has 0 radical (unpaired) electrons. The minimum Gasteiger partial charge on any atom is -0.324 e. The molecule has 6 heteroatoms. The molecule has 1 N–H and O–H groups in total. The lowest BCUT2D eigenvalue weighted by Crippen LogP contribution is -2.63. The molecule has 0 saturated carbocycles. The highest BCUT2D eigenvalue weighted by atomic mass is 19.1. The summed E-state index contributed by atoms with van der Waals surface area (Å²) < 4.78 is 13.8. The molecule has 2 amide bonds. The fourth-order valence-electron chi connectivity index (χ4n) is 4.36. The molecule has 0 atom stereocenters. The topological polar surface area (TPSA) is 52.7 Å². The first-order chi connectivity index (χ1) is 15.0. The van der Waals surface area contributed by atoms with E-state index in [1.54, 1.807) is 11.0 Å². The van der Waals surface area contributed by atoms with E-state index in [1.165, 1.54) is 18.2 Å². The van der Waals surface area contributed by atoms with Crippen LogP contribution >= 0.6 is 0 Å². The first-order valence-electron chi connectivity index (χ1n) is 11.2. The Morgan fingerprint density at radius 3 is 2.35 bits per heavy atom. The second-order valence-electron chi connectivity index (χ2n) is 8.16. The van der Waals surface area contributed by atoms with Crippen LogP contribution in [0.4, 0.5) is 10.1 Å². The van der Waals surface area contributed by atoms with Gasteiger partial charge in [-0.1, -0.05) is 38.1 Å². The molecule has 0 bridgehead atoms. The average Bonchev–Trinajstić information content (AvgIpc) is 2.78. The Kier molecular flexibility index (Phi) is 7.80. The zero-order valence-electron chi connectivity index (χ0n) is 18.4. The molecule has 1 aliphatic heterocycles. The SMILES string of the molecule is CCCN1CCC(C(=O)Nc2ccccc2)(N(CCC)C(=O)c2cccc(F)c2)CC1. The van der Waals surface area contributed by atoms with E-state index in [1.807, 2.05) is 37.3 Å². The van der Waals surface area contributed by atoms with Gasteiger partial charge in [0, 0.05) is 30.9 Å². The van der Waals surface area contributed by atoms with Crippen LogP contribution in [0.15, 0.2) is 54.6 Å². The van der Waals surface area contributed by atoms with Gasteiger partial charge in [-0.25, -0.2) is 4.39 Å². The van der Waals surface area contributed by atoms with Gasteiger partial charge in [0.25, 0.3) is 5.91 Å². The highest BCUT2D eigenvalue weighted by Crippen LogP contribution is 2.33. The fourth-order valence-corrected chi connectivity index (χ4v) is 4.36. The maximum absolute atomic E-state index is 13.8. The number of likely N-dealkylation sites (tertiary alicyclic amines) is 1. The van der Waals surface area contributed by atoms with Crippen LogP contribution in [0, 0.1) is 5.82 Å². The normalized spacial score (nSPS) is 16.0. The summed E-state index contributed by atoms with van der Waals surface area (Å²) in [4.78, 5) is 31.2. The maximum atomic E-state index is 13.8. The summed E-state index contributed by atoms with van der Waals surface area (Å²) in [5.41, 5.74) is 0.00768. The average molecular weight is 426 g/mol. The molecule has 0 aliphatic carbocycles. The van der Waals surface area contributed by atoms with Crippen LogP contribution in [0.25, 0.3) is 0 Å². The quantitative estimate of drug-likeness (QED) is 0.675. The number of benzene rings is 2. The number of carbonyl (C=O) groups is 2. The minimum absolute atomic E-state index is 0.173. The van der Waals surface area contributed by atoms with Crippen LogP contribution in [0.1, 0.15) is 49.9 Å². The van der Waals surface area contributed by atoms with E-state index in [-0.39, 0.29) is 17.4 Å². The van der Waals surface area contributed by atoms with Crippen molar-refractivity contribution in [2.45, 2.75) is 45.1 Å². The van der Waals surface area contributed by atoms with Crippen LogP contribution < -0.4 is 5.32 Å². The number of hydrogen-bond donors (Lipinski definition) is 1. The molecule has 1 fully saturated rings. The zero-order valence-corrected chi connectivity index (χ0v) is 18.4. The molecule has 3 rings (SSSR count). The Hall–Kier alpha value is -2.73. The zero-order chi connectivity index (χ0) is 22.3. The third kappa shape index (κ3) is 5.31. The van der Waals surface area contributed by atoms with Crippen LogP contribution in [0.5, 0.6) is 0 Å². The van der Waals surface area contributed by atoms with Gasteiger partial charge >= 0.3 is 0 Å². The molecule has 2 aromatic carbocycles. The number of rotatable bonds is 8. The third-order valence-corrected chi connectivity index (χ3v) is 5.96. The summed E-state index contributed by atoms with van der Waals surface area (Å²) in [5, 5.41) is 3.03. The highest BCUT2D eigenvalue weighted by molar-refractivity contribution is 6.03. The molecule has 0 spiro atoms. The van der Waals surface area contributed by atoms with Crippen LogP contribution in [0.3, 0.4) is 0 Å². The van der Waals surface area contributed by atoms with Gasteiger partial charge in [0.15, 0.2) is 0 Å². The van der Waals surface area contributed by atoms with E-state index in [4.69, 9.17) is 0 Å². The predicted octanol–water partition coefficient (Wildman–Crippen LogP) is 4.56. The van der Waals surface area contributed by atoms with E-state index in [0.29, 0.717) is 31.5 Å². The van der Waals surface area contributed by atoms with Gasteiger partial charge in [0.1, 0.15) is 11.4 Å². The predicted molar refractivity (Wildman–Crippen MR) is 121 cm³/mol. The number of nitrogens with zero attached hydrogens (tertiary/aromatic N) is 2. The monoisotopic (exact) mass is 425 g/mol. The first-order valence-corrected chi connectivity index (χ1v) is 11.2. The Bertz CT molecular complexity index is 879. The molecule has 1 saturated heterocycles. The number of para-hydroxylation sites is 1. The Morgan fingerprint density at radius 1 is 1.03 bits per heavy atom. The molecule has 0 aromatic heterocycles. The van der Waals surface area contributed by atoms with Crippen molar-refractivity contribution in [3.05, 3.63) is 66.0 Å². The van der Waals surface area contributed by atoms with Crippen molar-refractivity contribution in [3.8, 4) is 0 Å². The smallest absolute Gasteiger partial charge is 0.254 e. The number of anilines is 1. The van der Waals surface area contributed by atoms with Gasteiger partial charge in [0.05, 0.1) is 0 Å². The summed E-state index contributed by atoms with van der Waals surface area (Å²) in [6, 6.07) is 15.0. The molecule has 5 nitrogen and oxygen atoms in total. The Morgan fingerprint density at radius 2 is 1.74 bits per heavy atom. The van der Waals surface area contributed by atoms with Gasteiger partial charge in [-0.15, -0.1) is 0 Å². The van der Waals surface area contributed by atoms with Crippen molar-refractivity contribution in [2.24, 2.45) is 0 Å². The van der Waals surface area contributed by atoms with Crippen LogP contribution in [-0.4, -0.2) is 53.3 Å². The van der Waals surface area contributed by atoms with Crippen LogP contribution in [0.2, 0.25) is 0 Å². The lowest BCUT2D eigenvalue weighted by Gasteiger charge is -2.47. The van der Waals surface area contributed by atoms with E-state index in [0.717, 1.165) is 26.1 Å². The van der Waals surface area contributed by atoms with Gasteiger partial charge in [-0.3, -0.25) is 9.59 Å². The molecule has 31 heavy (non-hydrogen) atoms. The standard InChI is InChI=1S/C25H32FN3O2/c1-3-15-28-17-13-25(14-18-28,24(31)27-22-11-6-5-7-12-22)29(16-4-2)23(30)20-9-8-10-21(26)19-20/h5-12,19H,3-4,13-18H2,1-2H3,(H,27,31). The molecule has 0 unspecified atom stereocenters. The lowest BCUT2D eigenvalue weighted by atomic mass is 9.83. The van der Waals surface area contributed by atoms with Crippen molar-refractivity contribution in [1.82, 2.24) is 9.80 Å². The van der Waals surface area contributed by atoms with E-state index in [9.17, 15) is 14.0 Å². The summed E-state index contributed by atoms with van der Waals surface area (Å²) >= 11 is 0. The van der Waals surface area contributed by atoms with Gasteiger partial charge in [0.2, 0.25) is 5.91 Å². The summed E-state index contributed by atoms with van der Waals surface area (Å²) in [6.45, 7) is 7.02. The van der Waals surface area contributed by atoms with Gasteiger partial charge < -0.3 is 15.1 Å². The number of hydrogen-bond acceptors (Lipinski definition) is 3. The summed E-state index contributed by atoms with van der Waals surface area (Å²) in [7, 11) is 0. The van der Waals surface area contributed by atoms with Crippen molar-refractivity contribution >= 4 is 17.5 Å². The highest BCUT2D eigenvalue weighted by Gasteiger charge is 2.48. The second-order valence-corrected chi connectivity index (χ2v) is 8.16. The Balaban J connectivity index is 1.96. The van der Waals surface area contributed by atoms with E-state index in [2.05, 4.69) is 17.1 Å². The minimum atomic E-state index is -0.973. The number of carbonyl (C=O) groups excluding carboxylic acids is 2. The molecule has 166 valence electrons. The largest absolute Gasteiger partial charge is 0.324 e. The third-order valence-electron chi connectivity index (χ3n) is 5.96. The Labute approximate surface area is 184 Å². The van der Waals surface area contributed by atoms with E-state index < -0.39 is 11.4 Å². The second kappa shape index (κ2) is 10.5. The van der Waals surface area contributed by atoms with E-state index >= 15 is 0 Å². The van der Waals surface area contributed by atoms with Crippen molar-refractivity contribution in [2.75, 3.05) is 31.5 Å². The number of nitrogens with one attached hydrogen (secondary N) is 1. The van der Waals surface area contributed by atoms with Crippen molar-refractivity contribution < 1.29 is 14.0 Å². The molecular formula is C25H32FN3O2.